The van der Waals surface area contributed by atoms with Crippen molar-refractivity contribution in [2.75, 3.05) is 0 Å². The van der Waals surface area contributed by atoms with Gasteiger partial charge in [0.2, 0.25) is 0 Å². The zero-order valence-electron chi connectivity index (χ0n) is 12.7. The van der Waals surface area contributed by atoms with Crippen LogP contribution in [0.15, 0.2) is 0 Å². The molecule has 1 saturated carbocycles. The van der Waals surface area contributed by atoms with E-state index in [4.69, 9.17) is 0 Å². The molecule has 1 rings (SSSR count). The fourth-order valence-corrected chi connectivity index (χ4v) is 2.13. The second-order valence-corrected chi connectivity index (χ2v) is 4.52. The molecule has 0 nitrogen and oxygen atoms in total. The van der Waals surface area contributed by atoms with Gasteiger partial charge in [-0.3, -0.25) is 0 Å². The molecule has 0 heterocycles. The van der Waals surface area contributed by atoms with Gasteiger partial charge in [0.15, 0.2) is 0 Å². The van der Waals surface area contributed by atoms with Crippen molar-refractivity contribution in [3.05, 3.63) is 5.92 Å². The summed E-state index contributed by atoms with van der Waals surface area (Å²) in [6.07, 6.45) is 8.43. The van der Waals surface area contributed by atoms with Crippen LogP contribution in [-0.2, 0) is 21.1 Å². The van der Waals surface area contributed by atoms with Gasteiger partial charge in [-0.2, -0.15) is 19.8 Å². The summed E-state index contributed by atoms with van der Waals surface area (Å²) in [7, 11) is 0. The van der Waals surface area contributed by atoms with Gasteiger partial charge in [0.05, 0.1) is 0 Å². The Morgan fingerprint density at radius 2 is 1.38 bits per heavy atom. The van der Waals surface area contributed by atoms with E-state index in [0.29, 0.717) is 5.41 Å². The molecular weight excluding hydrogens is 364 g/mol. The van der Waals surface area contributed by atoms with E-state index in [1.54, 1.807) is 5.92 Å². The predicted molar refractivity (Wildman–Crippen MR) is 73.1 cm³/mol. The average Bonchev–Trinajstić information content (AvgIpc) is 2.29. The van der Waals surface area contributed by atoms with Crippen LogP contribution in [0, 0.1) is 11.3 Å². The second-order valence-electron chi connectivity index (χ2n) is 4.52. The van der Waals surface area contributed by atoms with Crippen molar-refractivity contribution in [1.29, 1.82) is 0 Å². The smallest absolute Gasteiger partial charge is 0 e. The van der Waals surface area contributed by atoms with Crippen LogP contribution in [0.25, 0.3) is 0 Å². The van der Waals surface area contributed by atoms with E-state index in [1.165, 1.54) is 38.5 Å². The van der Waals surface area contributed by atoms with Crippen LogP contribution in [0.1, 0.15) is 87.0 Å². The van der Waals surface area contributed by atoms with Crippen molar-refractivity contribution in [1.82, 2.24) is 0 Å². The third kappa shape index (κ3) is 9.88. The monoisotopic (exact) mass is 397 g/mol. The molecule has 1 aliphatic carbocycles. The first kappa shape index (κ1) is 21.9. The Morgan fingerprint density at radius 3 is 1.69 bits per heavy atom. The van der Waals surface area contributed by atoms with Crippen LogP contribution in [0.5, 0.6) is 0 Å². The molecule has 0 radical (unpaired) electrons. The topological polar surface area (TPSA) is 0 Å². The molecule has 1 heteroatoms. The Morgan fingerprint density at radius 1 is 1.00 bits per heavy atom. The van der Waals surface area contributed by atoms with Crippen LogP contribution < -0.4 is 0 Å². The van der Waals surface area contributed by atoms with Gasteiger partial charge in [-0.25, -0.2) is 0 Å². The summed E-state index contributed by atoms with van der Waals surface area (Å²) in [6, 6.07) is 0. The van der Waals surface area contributed by atoms with E-state index < -0.39 is 0 Å². The van der Waals surface area contributed by atoms with E-state index in [1.807, 2.05) is 27.7 Å². The molecule has 1 fully saturated rings. The summed E-state index contributed by atoms with van der Waals surface area (Å²) >= 11 is 0. The number of rotatable bonds is 2. The maximum atomic E-state index is 2.46. The molecule has 0 N–H and O–H groups in total. The molecule has 0 aliphatic heterocycles. The Kier molecular flexibility index (Phi) is 18.8. The molecule has 0 aromatic heterocycles. The van der Waals surface area contributed by atoms with Gasteiger partial charge in [0.1, 0.15) is 0 Å². The Labute approximate surface area is 119 Å². The first-order chi connectivity index (χ1) is 7.16. The van der Waals surface area contributed by atoms with Gasteiger partial charge in [-0.1, -0.05) is 60.8 Å². The van der Waals surface area contributed by atoms with Crippen LogP contribution >= 0.6 is 0 Å². The minimum absolute atomic E-state index is 0. The van der Waals surface area contributed by atoms with E-state index in [2.05, 4.69) is 20.8 Å². The van der Waals surface area contributed by atoms with Crippen LogP contribution in [0.4, 0.5) is 0 Å². The van der Waals surface area contributed by atoms with Crippen molar-refractivity contribution in [2.45, 2.75) is 87.0 Å². The van der Waals surface area contributed by atoms with E-state index in [0.717, 1.165) is 0 Å². The maximum absolute atomic E-state index is 2.46. The van der Waals surface area contributed by atoms with E-state index in [9.17, 15) is 0 Å². The van der Waals surface area contributed by atoms with Gasteiger partial charge in [-0.15, -0.1) is 0 Å². The van der Waals surface area contributed by atoms with Crippen LogP contribution in [0.2, 0.25) is 0 Å². The third-order valence-electron chi connectivity index (χ3n) is 3.16. The molecule has 0 aromatic carbocycles. The van der Waals surface area contributed by atoms with Crippen LogP contribution in [-0.4, -0.2) is 0 Å². The first-order valence-corrected chi connectivity index (χ1v) is 6.97. The summed E-state index contributed by atoms with van der Waals surface area (Å²) in [6.45, 7) is 15.1. The molecule has 0 atom stereocenters. The summed E-state index contributed by atoms with van der Waals surface area (Å²) < 4.78 is 0. The number of hydrogen-bond acceptors (Lipinski definition) is 0. The fourth-order valence-electron chi connectivity index (χ4n) is 2.13. The third-order valence-corrected chi connectivity index (χ3v) is 3.16. The molecule has 16 heavy (non-hydrogen) atoms. The Balaban J connectivity index is -0.000000305. The van der Waals surface area contributed by atoms with Gasteiger partial charge in [0, 0.05) is 21.1 Å². The molecule has 0 bridgehead atoms. The fraction of sp³-hybridized carbons (Fsp3) is 0.933. The molecule has 0 unspecified atom stereocenters. The summed E-state index contributed by atoms with van der Waals surface area (Å²) in [5.41, 5.74) is 0.689. The van der Waals surface area contributed by atoms with Crippen molar-refractivity contribution in [3.8, 4) is 0 Å². The van der Waals surface area contributed by atoms with Crippen molar-refractivity contribution >= 4 is 0 Å². The van der Waals surface area contributed by atoms with Gasteiger partial charge >= 0.3 is 0 Å². The SMILES string of the molecule is CC.CC.CCCC1(C)CC[C-](C)CC1.[W]. The normalized spacial score (nSPS) is 18.2. The summed E-state index contributed by atoms with van der Waals surface area (Å²) in [5.74, 6) is 1.72. The molecule has 0 spiro atoms. The number of hydrogen-bond donors (Lipinski definition) is 0. The van der Waals surface area contributed by atoms with Crippen molar-refractivity contribution in [3.63, 3.8) is 0 Å². The Hall–Kier alpha value is 0.688. The molecule has 100 valence electrons. The summed E-state index contributed by atoms with van der Waals surface area (Å²) in [5, 5.41) is 0. The minimum atomic E-state index is 0. The molecule has 0 saturated heterocycles. The molecule has 0 amide bonds. The van der Waals surface area contributed by atoms with Crippen LogP contribution in [0.3, 0.4) is 0 Å². The first-order valence-electron chi connectivity index (χ1n) is 6.97. The average molecular weight is 397 g/mol. The zero-order chi connectivity index (χ0) is 12.3. The maximum Gasteiger partial charge on any atom is 0 e. The molecule has 0 aromatic rings. The van der Waals surface area contributed by atoms with Gasteiger partial charge in [-0.05, 0) is 11.8 Å². The Bertz CT molecular complexity index is 113. The second kappa shape index (κ2) is 13.8. The van der Waals surface area contributed by atoms with E-state index >= 15 is 0 Å². The zero-order valence-corrected chi connectivity index (χ0v) is 15.6. The minimum Gasteiger partial charge on any atom is -0.317 e. The predicted octanol–water partition coefficient (Wildman–Crippen LogP) is 6.01. The van der Waals surface area contributed by atoms with Gasteiger partial charge < -0.3 is 5.92 Å². The standard InChI is InChI=1S/C11H21.2C2H6.W/c1-4-7-11(3)8-5-10(2)6-9-11;2*1-2;/h4-9H2,1-3H3;2*1-2H3;/q-1;;;. The van der Waals surface area contributed by atoms with Gasteiger partial charge in [0.25, 0.3) is 0 Å². The summed E-state index contributed by atoms with van der Waals surface area (Å²) in [4.78, 5) is 0. The van der Waals surface area contributed by atoms with E-state index in [-0.39, 0.29) is 21.1 Å². The quantitative estimate of drug-likeness (QED) is 0.501. The largest absolute Gasteiger partial charge is 0.317 e. The van der Waals surface area contributed by atoms with Crippen molar-refractivity contribution < 1.29 is 21.1 Å². The molecular formula is C15H33W-. The molecule has 1 aliphatic rings. The van der Waals surface area contributed by atoms with Crippen molar-refractivity contribution in [2.24, 2.45) is 5.41 Å².